The zero-order valence-electron chi connectivity index (χ0n) is 14.8. The van der Waals surface area contributed by atoms with Gasteiger partial charge in [0.25, 0.3) is 5.91 Å². The maximum Gasteiger partial charge on any atom is 0.257 e. The molecule has 0 aliphatic carbocycles. The van der Waals surface area contributed by atoms with E-state index in [-0.39, 0.29) is 24.1 Å². The number of carbonyl (C=O) groups is 1. The predicted molar refractivity (Wildman–Crippen MR) is 98.2 cm³/mol. The molecule has 1 aromatic heterocycles. The van der Waals surface area contributed by atoms with Gasteiger partial charge in [-0.2, -0.15) is 5.10 Å². The van der Waals surface area contributed by atoms with Gasteiger partial charge in [0.15, 0.2) is 0 Å². The summed E-state index contributed by atoms with van der Waals surface area (Å²) in [5, 5.41) is 7.67. The average Bonchev–Trinajstić information content (AvgIpc) is 3.13. The molecular weight excluding hydrogens is 343 g/mol. The normalized spacial score (nSPS) is 16.8. The lowest BCUT2D eigenvalue weighted by atomic mass is 10.1. The first-order valence-corrected chi connectivity index (χ1v) is 8.27. The summed E-state index contributed by atoms with van der Waals surface area (Å²) >= 11 is 0. The molecule has 1 aliphatic rings. The maximum atomic E-state index is 13.1. The van der Waals surface area contributed by atoms with Crippen molar-refractivity contribution in [3.05, 3.63) is 47.0 Å². The Morgan fingerprint density at radius 2 is 2.00 bits per heavy atom. The lowest BCUT2D eigenvalue weighted by molar-refractivity contribution is 0.0785. The van der Waals surface area contributed by atoms with Crippen LogP contribution < -0.4 is 5.32 Å². The largest absolute Gasteiger partial charge is 0.338 e. The van der Waals surface area contributed by atoms with E-state index < -0.39 is 0 Å². The topological polar surface area (TPSA) is 50.2 Å². The minimum absolute atomic E-state index is 0. The SMILES string of the molecule is CNCC1CCN(C(=O)c2c(C)nn(-c3ccc(F)cc3)c2C)C1.Cl. The number of aryl methyl sites for hydroxylation is 1. The van der Waals surface area contributed by atoms with Crippen LogP contribution in [0.25, 0.3) is 5.69 Å². The van der Waals surface area contributed by atoms with Gasteiger partial charge in [-0.15, -0.1) is 12.4 Å². The third-order valence-corrected chi connectivity index (χ3v) is 4.64. The van der Waals surface area contributed by atoms with E-state index in [0.29, 0.717) is 17.2 Å². The van der Waals surface area contributed by atoms with Crippen molar-refractivity contribution in [2.24, 2.45) is 5.92 Å². The first-order valence-electron chi connectivity index (χ1n) is 8.27. The molecule has 136 valence electrons. The second-order valence-electron chi connectivity index (χ2n) is 6.40. The van der Waals surface area contributed by atoms with Gasteiger partial charge in [-0.25, -0.2) is 9.07 Å². The molecule has 0 bridgehead atoms. The number of benzene rings is 1. The molecule has 1 saturated heterocycles. The van der Waals surface area contributed by atoms with Crippen molar-refractivity contribution in [1.29, 1.82) is 0 Å². The van der Waals surface area contributed by atoms with E-state index >= 15 is 0 Å². The fourth-order valence-electron chi connectivity index (χ4n) is 3.42. The lowest BCUT2D eigenvalue weighted by Crippen LogP contribution is -2.31. The van der Waals surface area contributed by atoms with E-state index in [1.54, 1.807) is 16.8 Å². The molecule has 1 aliphatic heterocycles. The van der Waals surface area contributed by atoms with Crippen LogP contribution in [-0.4, -0.2) is 47.3 Å². The highest BCUT2D eigenvalue weighted by Crippen LogP contribution is 2.23. The van der Waals surface area contributed by atoms with Crippen LogP contribution >= 0.6 is 12.4 Å². The second-order valence-corrected chi connectivity index (χ2v) is 6.40. The highest BCUT2D eigenvalue weighted by molar-refractivity contribution is 5.96. The van der Waals surface area contributed by atoms with Crippen molar-refractivity contribution < 1.29 is 9.18 Å². The van der Waals surface area contributed by atoms with E-state index in [0.717, 1.165) is 37.4 Å². The number of aromatic nitrogens is 2. The summed E-state index contributed by atoms with van der Waals surface area (Å²) in [5.41, 5.74) is 2.91. The van der Waals surface area contributed by atoms with Crippen LogP contribution in [0.2, 0.25) is 0 Å². The van der Waals surface area contributed by atoms with Gasteiger partial charge in [0, 0.05) is 13.1 Å². The summed E-state index contributed by atoms with van der Waals surface area (Å²) in [4.78, 5) is 14.8. The van der Waals surface area contributed by atoms with Crippen molar-refractivity contribution in [3.8, 4) is 5.69 Å². The first-order chi connectivity index (χ1) is 11.5. The molecule has 0 radical (unpaired) electrons. The van der Waals surface area contributed by atoms with E-state index in [4.69, 9.17) is 0 Å². The van der Waals surface area contributed by atoms with Crippen molar-refractivity contribution in [3.63, 3.8) is 0 Å². The number of nitrogens with one attached hydrogen (secondary N) is 1. The predicted octanol–water partition coefficient (Wildman–Crippen LogP) is 2.73. The minimum Gasteiger partial charge on any atom is -0.338 e. The highest BCUT2D eigenvalue weighted by atomic mass is 35.5. The number of hydrogen-bond acceptors (Lipinski definition) is 3. The number of carbonyl (C=O) groups excluding carboxylic acids is 1. The van der Waals surface area contributed by atoms with Gasteiger partial charge in [0.05, 0.1) is 22.6 Å². The van der Waals surface area contributed by atoms with E-state index in [1.165, 1.54) is 12.1 Å². The third-order valence-electron chi connectivity index (χ3n) is 4.64. The standard InChI is InChI=1S/C18H23FN4O.ClH/c1-12-17(18(24)22-9-8-14(11-22)10-20-3)13(2)23(21-12)16-6-4-15(19)5-7-16;/h4-7,14,20H,8-11H2,1-3H3;1H. The monoisotopic (exact) mass is 366 g/mol. The molecule has 1 aromatic carbocycles. The van der Waals surface area contributed by atoms with Crippen molar-refractivity contribution in [2.45, 2.75) is 20.3 Å². The molecule has 7 heteroatoms. The van der Waals surface area contributed by atoms with E-state index in [9.17, 15) is 9.18 Å². The van der Waals surface area contributed by atoms with Gasteiger partial charge in [0.2, 0.25) is 0 Å². The van der Waals surface area contributed by atoms with Gasteiger partial charge in [0.1, 0.15) is 5.82 Å². The second kappa shape index (κ2) is 7.97. The van der Waals surface area contributed by atoms with E-state index in [2.05, 4.69) is 10.4 Å². The highest BCUT2D eigenvalue weighted by Gasteiger charge is 2.30. The molecule has 3 rings (SSSR count). The Kier molecular flexibility index (Phi) is 6.19. The number of hydrogen-bond donors (Lipinski definition) is 1. The zero-order chi connectivity index (χ0) is 17.3. The summed E-state index contributed by atoms with van der Waals surface area (Å²) < 4.78 is 14.8. The molecule has 0 spiro atoms. The van der Waals surface area contributed by atoms with Crippen molar-refractivity contribution in [1.82, 2.24) is 20.0 Å². The van der Waals surface area contributed by atoms with Crippen LogP contribution in [0, 0.1) is 25.6 Å². The smallest absolute Gasteiger partial charge is 0.257 e. The Hall–Kier alpha value is -1.92. The van der Waals surface area contributed by atoms with Crippen LogP contribution in [0.1, 0.15) is 28.2 Å². The molecule has 1 unspecified atom stereocenters. The fraction of sp³-hybridized carbons (Fsp3) is 0.444. The van der Waals surface area contributed by atoms with E-state index in [1.807, 2.05) is 25.8 Å². The van der Waals surface area contributed by atoms with Crippen LogP contribution in [0.15, 0.2) is 24.3 Å². The minimum atomic E-state index is -0.288. The lowest BCUT2D eigenvalue weighted by Gasteiger charge is -2.17. The molecule has 1 amide bonds. The molecule has 1 atom stereocenters. The zero-order valence-corrected chi connectivity index (χ0v) is 15.6. The molecule has 1 fully saturated rings. The third kappa shape index (κ3) is 3.85. The molecule has 1 N–H and O–H groups in total. The molecule has 0 saturated carbocycles. The van der Waals surface area contributed by atoms with Crippen LogP contribution in [-0.2, 0) is 0 Å². The summed E-state index contributed by atoms with van der Waals surface area (Å²) in [6.45, 7) is 6.22. The summed E-state index contributed by atoms with van der Waals surface area (Å²) in [6, 6.07) is 6.13. The molecular formula is C18H24ClFN4O. The maximum absolute atomic E-state index is 13.1. The summed E-state index contributed by atoms with van der Waals surface area (Å²) in [6.07, 6.45) is 1.02. The Morgan fingerprint density at radius 1 is 1.32 bits per heavy atom. The first kappa shape index (κ1) is 19.4. The fourth-order valence-corrected chi connectivity index (χ4v) is 3.42. The van der Waals surface area contributed by atoms with Crippen molar-refractivity contribution >= 4 is 18.3 Å². The van der Waals surface area contributed by atoms with Crippen molar-refractivity contribution in [2.75, 3.05) is 26.7 Å². The quantitative estimate of drug-likeness (QED) is 0.905. The number of amides is 1. The summed E-state index contributed by atoms with van der Waals surface area (Å²) in [7, 11) is 1.94. The molecule has 25 heavy (non-hydrogen) atoms. The van der Waals surface area contributed by atoms with Crippen LogP contribution in [0.5, 0.6) is 0 Å². The Labute approximate surface area is 153 Å². The number of halogens is 2. The summed E-state index contributed by atoms with van der Waals surface area (Å²) in [5.74, 6) is 0.257. The molecule has 2 heterocycles. The van der Waals surface area contributed by atoms with Gasteiger partial charge in [-0.3, -0.25) is 4.79 Å². The number of likely N-dealkylation sites (tertiary alicyclic amines) is 1. The van der Waals surface area contributed by atoms with Gasteiger partial charge in [-0.1, -0.05) is 0 Å². The number of rotatable bonds is 4. The Balaban J connectivity index is 0.00000225. The average molecular weight is 367 g/mol. The van der Waals surface area contributed by atoms with Gasteiger partial charge >= 0.3 is 0 Å². The molecule has 5 nitrogen and oxygen atoms in total. The number of nitrogens with zero attached hydrogens (tertiary/aromatic N) is 3. The molecule has 2 aromatic rings. The van der Waals surface area contributed by atoms with Crippen LogP contribution in [0.3, 0.4) is 0 Å². The Morgan fingerprint density at radius 3 is 2.64 bits per heavy atom. The van der Waals surface area contributed by atoms with Crippen LogP contribution in [0.4, 0.5) is 4.39 Å². The van der Waals surface area contributed by atoms with Gasteiger partial charge in [-0.05, 0) is 64.0 Å². The van der Waals surface area contributed by atoms with Gasteiger partial charge < -0.3 is 10.2 Å². The Bertz CT molecular complexity index is 744.